The zero-order chi connectivity index (χ0) is 12.8. The molecule has 0 spiro atoms. The van der Waals surface area contributed by atoms with E-state index >= 15 is 0 Å². The van der Waals surface area contributed by atoms with Crippen LogP contribution in [0.2, 0.25) is 0 Å². The molecule has 3 fully saturated rings. The summed E-state index contributed by atoms with van der Waals surface area (Å²) in [5.74, 6) is 0.289. The van der Waals surface area contributed by atoms with Gasteiger partial charge in [-0.05, 0) is 24.3 Å². The molecule has 102 valence electrons. The Morgan fingerprint density at radius 3 is 3.00 bits per heavy atom. The highest BCUT2D eigenvalue weighted by atomic mass is 32.1. The molecule has 0 aromatic carbocycles. The van der Waals surface area contributed by atoms with E-state index in [9.17, 15) is 4.79 Å². The Morgan fingerprint density at radius 1 is 1.32 bits per heavy atom. The molecule has 0 bridgehead atoms. The molecule has 0 saturated carbocycles. The average molecular weight is 278 g/mol. The predicted octanol–water partition coefficient (Wildman–Crippen LogP) is 1.72. The van der Waals surface area contributed by atoms with Crippen molar-refractivity contribution in [1.29, 1.82) is 0 Å². The van der Waals surface area contributed by atoms with Crippen LogP contribution in [0.25, 0.3) is 0 Å². The number of hydrogen-bond acceptors (Lipinski definition) is 4. The normalized spacial score (nSPS) is 35.3. The van der Waals surface area contributed by atoms with E-state index in [-0.39, 0.29) is 5.91 Å². The third kappa shape index (κ3) is 1.83. The SMILES string of the molecule is O=C1C[C@@H]2[C@H](CCN2C2CCOC2)N1c1ccsc1. The number of hydrogen-bond donors (Lipinski definition) is 0. The van der Waals surface area contributed by atoms with Gasteiger partial charge >= 0.3 is 0 Å². The second kappa shape index (κ2) is 4.58. The number of anilines is 1. The summed E-state index contributed by atoms with van der Waals surface area (Å²) in [6.45, 7) is 2.83. The number of thiophene rings is 1. The zero-order valence-corrected chi connectivity index (χ0v) is 11.6. The molecule has 0 N–H and O–H groups in total. The minimum absolute atomic E-state index is 0.289. The predicted molar refractivity (Wildman–Crippen MR) is 74.5 cm³/mol. The maximum atomic E-state index is 12.3. The van der Waals surface area contributed by atoms with Crippen molar-refractivity contribution in [3.05, 3.63) is 16.8 Å². The summed E-state index contributed by atoms with van der Waals surface area (Å²) in [4.78, 5) is 16.9. The Bertz CT molecular complexity index is 470. The third-order valence-corrected chi connectivity index (χ3v) is 5.37. The van der Waals surface area contributed by atoms with Gasteiger partial charge in [-0.25, -0.2) is 0 Å². The highest BCUT2D eigenvalue weighted by Gasteiger charge is 2.49. The van der Waals surface area contributed by atoms with E-state index in [1.54, 1.807) is 11.3 Å². The van der Waals surface area contributed by atoms with E-state index in [1.165, 1.54) is 0 Å². The topological polar surface area (TPSA) is 32.8 Å². The van der Waals surface area contributed by atoms with Crippen molar-refractivity contribution in [3.63, 3.8) is 0 Å². The van der Waals surface area contributed by atoms with Crippen LogP contribution in [0.5, 0.6) is 0 Å². The van der Waals surface area contributed by atoms with Crippen LogP contribution in [0.1, 0.15) is 19.3 Å². The quantitative estimate of drug-likeness (QED) is 0.826. The van der Waals surface area contributed by atoms with Gasteiger partial charge in [-0.3, -0.25) is 9.69 Å². The van der Waals surface area contributed by atoms with Crippen LogP contribution in [0.3, 0.4) is 0 Å². The molecule has 1 aromatic rings. The van der Waals surface area contributed by atoms with Gasteiger partial charge in [0.1, 0.15) is 0 Å². The molecule has 0 aliphatic carbocycles. The minimum Gasteiger partial charge on any atom is -0.380 e. The van der Waals surface area contributed by atoms with Crippen molar-refractivity contribution in [2.75, 3.05) is 24.7 Å². The van der Waals surface area contributed by atoms with Gasteiger partial charge in [-0.1, -0.05) is 0 Å². The van der Waals surface area contributed by atoms with E-state index in [0.29, 0.717) is 24.5 Å². The van der Waals surface area contributed by atoms with Crippen molar-refractivity contribution < 1.29 is 9.53 Å². The van der Waals surface area contributed by atoms with E-state index in [1.807, 2.05) is 10.3 Å². The molecule has 3 atom stereocenters. The molecule has 3 aliphatic rings. The number of amides is 1. The lowest BCUT2D eigenvalue weighted by Gasteiger charge is -2.28. The lowest BCUT2D eigenvalue weighted by Crippen LogP contribution is -2.42. The van der Waals surface area contributed by atoms with E-state index in [0.717, 1.165) is 38.3 Å². The molecule has 19 heavy (non-hydrogen) atoms. The number of rotatable bonds is 2. The molecule has 1 unspecified atom stereocenters. The lowest BCUT2D eigenvalue weighted by molar-refractivity contribution is -0.117. The molecule has 4 nitrogen and oxygen atoms in total. The zero-order valence-electron chi connectivity index (χ0n) is 10.8. The molecule has 5 heteroatoms. The molecule has 0 radical (unpaired) electrons. The fourth-order valence-corrected chi connectivity index (χ4v) is 4.47. The standard InChI is InChI=1S/C14H18N2O2S/c17-14-7-13-12(16(14)11-3-6-19-9-11)1-4-15(13)10-2-5-18-8-10/h3,6,9-10,12-13H,1-2,4-5,7-8H2/t10?,12-,13+/m0/s1. The summed E-state index contributed by atoms with van der Waals surface area (Å²) in [5, 5.41) is 4.13. The average Bonchev–Trinajstić information content (AvgIpc) is 3.12. The van der Waals surface area contributed by atoms with Crippen LogP contribution in [0, 0.1) is 0 Å². The summed E-state index contributed by atoms with van der Waals surface area (Å²) >= 11 is 1.66. The summed E-state index contributed by atoms with van der Waals surface area (Å²) in [5.41, 5.74) is 1.09. The second-order valence-electron chi connectivity index (χ2n) is 5.63. The van der Waals surface area contributed by atoms with Gasteiger partial charge < -0.3 is 9.64 Å². The van der Waals surface area contributed by atoms with Crippen LogP contribution in [-0.2, 0) is 9.53 Å². The van der Waals surface area contributed by atoms with Gasteiger partial charge in [0.25, 0.3) is 0 Å². The second-order valence-corrected chi connectivity index (χ2v) is 6.41. The first-order valence-corrected chi connectivity index (χ1v) is 7.96. The molecule has 3 aliphatic heterocycles. The number of nitrogens with zero attached hydrogens (tertiary/aromatic N) is 2. The number of ether oxygens (including phenoxy) is 1. The molecular weight excluding hydrogens is 260 g/mol. The number of carbonyl (C=O) groups is 1. The van der Waals surface area contributed by atoms with Crippen molar-refractivity contribution in [3.8, 4) is 0 Å². The Balaban J connectivity index is 1.58. The Morgan fingerprint density at radius 2 is 2.26 bits per heavy atom. The largest absolute Gasteiger partial charge is 0.380 e. The Hall–Kier alpha value is -0.910. The first-order valence-electron chi connectivity index (χ1n) is 7.02. The van der Waals surface area contributed by atoms with Crippen molar-refractivity contribution in [2.24, 2.45) is 0 Å². The molecule has 4 rings (SSSR count). The number of carbonyl (C=O) groups excluding carboxylic acids is 1. The van der Waals surface area contributed by atoms with Crippen molar-refractivity contribution >= 4 is 22.9 Å². The van der Waals surface area contributed by atoms with E-state index in [2.05, 4.69) is 16.3 Å². The maximum absolute atomic E-state index is 12.3. The first kappa shape index (κ1) is 11.9. The summed E-state index contributed by atoms with van der Waals surface area (Å²) in [7, 11) is 0. The van der Waals surface area contributed by atoms with Gasteiger partial charge in [-0.2, -0.15) is 11.3 Å². The van der Waals surface area contributed by atoms with E-state index < -0.39 is 0 Å². The molecule has 4 heterocycles. The molecule has 1 amide bonds. The Kier molecular flexibility index (Phi) is 2.86. The smallest absolute Gasteiger partial charge is 0.228 e. The van der Waals surface area contributed by atoms with Gasteiger partial charge in [0.2, 0.25) is 5.91 Å². The first-order chi connectivity index (χ1) is 9.34. The Labute approximate surface area is 116 Å². The van der Waals surface area contributed by atoms with Crippen molar-refractivity contribution in [1.82, 2.24) is 4.90 Å². The lowest BCUT2D eigenvalue weighted by atomic mass is 10.1. The number of likely N-dealkylation sites (tertiary alicyclic amines) is 1. The van der Waals surface area contributed by atoms with Gasteiger partial charge in [0.15, 0.2) is 0 Å². The molecule has 1 aromatic heterocycles. The van der Waals surface area contributed by atoms with Gasteiger partial charge in [0.05, 0.1) is 18.3 Å². The molecule has 3 saturated heterocycles. The maximum Gasteiger partial charge on any atom is 0.228 e. The highest BCUT2D eigenvalue weighted by molar-refractivity contribution is 7.08. The monoisotopic (exact) mass is 278 g/mol. The van der Waals surface area contributed by atoms with Crippen molar-refractivity contribution in [2.45, 2.75) is 37.4 Å². The van der Waals surface area contributed by atoms with Crippen LogP contribution < -0.4 is 4.90 Å². The highest BCUT2D eigenvalue weighted by Crippen LogP contribution is 2.38. The summed E-state index contributed by atoms with van der Waals surface area (Å²) < 4.78 is 5.51. The summed E-state index contributed by atoms with van der Waals surface area (Å²) in [6.07, 6.45) is 2.90. The summed E-state index contributed by atoms with van der Waals surface area (Å²) in [6, 6.07) is 3.37. The minimum atomic E-state index is 0.289. The molecular formula is C14H18N2O2S. The van der Waals surface area contributed by atoms with Crippen LogP contribution in [0.15, 0.2) is 16.8 Å². The fraction of sp³-hybridized carbons (Fsp3) is 0.643. The fourth-order valence-electron chi connectivity index (χ4n) is 3.84. The van der Waals surface area contributed by atoms with Crippen LogP contribution >= 0.6 is 11.3 Å². The van der Waals surface area contributed by atoms with Gasteiger partial charge in [-0.15, -0.1) is 0 Å². The number of fused-ring (bicyclic) bond motifs is 1. The van der Waals surface area contributed by atoms with Crippen LogP contribution in [-0.4, -0.2) is 48.7 Å². The third-order valence-electron chi connectivity index (χ3n) is 4.70. The van der Waals surface area contributed by atoms with E-state index in [4.69, 9.17) is 4.74 Å². The van der Waals surface area contributed by atoms with Crippen LogP contribution in [0.4, 0.5) is 5.69 Å². The van der Waals surface area contributed by atoms with Gasteiger partial charge in [0, 0.05) is 37.0 Å².